The zero-order valence-corrected chi connectivity index (χ0v) is 14.5. The van der Waals surface area contributed by atoms with Gasteiger partial charge in [-0.25, -0.2) is 0 Å². The molecule has 0 unspecified atom stereocenters. The Bertz CT molecular complexity index is 1020. The summed E-state index contributed by atoms with van der Waals surface area (Å²) in [4.78, 5) is 0. The first-order valence-corrected chi connectivity index (χ1v) is 8.70. The summed E-state index contributed by atoms with van der Waals surface area (Å²) >= 11 is 5.39. The molecule has 1 heterocycles. The van der Waals surface area contributed by atoms with Gasteiger partial charge in [0.15, 0.2) is 5.11 Å². The molecule has 4 heteroatoms. The van der Waals surface area contributed by atoms with Gasteiger partial charge in [-0.15, -0.1) is 0 Å². The van der Waals surface area contributed by atoms with Crippen LogP contribution in [0.3, 0.4) is 0 Å². The van der Waals surface area contributed by atoms with Gasteiger partial charge in [0.25, 0.3) is 0 Å². The molecule has 0 bridgehead atoms. The minimum atomic E-state index is 0.617. The van der Waals surface area contributed by atoms with Gasteiger partial charge in [-0.1, -0.05) is 48.5 Å². The monoisotopic (exact) mass is 346 g/mol. The lowest BCUT2D eigenvalue weighted by atomic mass is 10.1. The summed E-state index contributed by atoms with van der Waals surface area (Å²) in [5.41, 5.74) is 3.97. The summed E-state index contributed by atoms with van der Waals surface area (Å²) < 4.78 is 5.91. The van der Waals surface area contributed by atoms with E-state index in [4.69, 9.17) is 16.6 Å². The van der Waals surface area contributed by atoms with Gasteiger partial charge in [0.05, 0.1) is 0 Å². The Kier molecular flexibility index (Phi) is 4.36. The van der Waals surface area contributed by atoms with E-state index < -0.39 is 0 Å². The Morgan fingerprint density at radius 3 is 2.48 bits per heavy atom. The lowest BCUT2D eigenvalue weighted by Crippen LogP contribution is -2.30. The maximum Gasteiger partial charge on any atom is 0.170 e. The van der Waals surface area contributed by atoms with Gasteiger partial charge in [-0.3, -0.25) is 0 Å². The van der Waals surface area contributed by atoms with Crippen LogP contribution in [-0.2, 0) is 6.42 Å². The number of benzene rings is 3. The number of thiocarbonyl (C=S) groups is 1. The standard InChI is InChI=1S/C21H18N2OS/c25-21(22-13-12-15-6-2-1-3-7-15)23-16-10-11-18-17-8-4-5-9-19(17)24-20(18)14-16/h1-11,14H,12-13H2,(H2,22,23,25). The quantitative estimate of drug-likeness (QED) is 0.503. The Labute approximate surface area is 151 Å². The summed E-state index contributed by atoms with van der Waals surface area (Å²) in [5.74, 6) is 0. The second-order valence-electron chi connectivity index (χ2n) is 5.93. The third-order valence-electron chi connectivity index (χ3n) is 4.18. The lowest BCUT2D eigenvalue weighted by molar-refractivity contribution is 0.669. The number of anilines is 1. The van der Waals surface area contributed by atoms with Crippen molar-refractivity contribution >= 4 is 45.0 Å². The number of para-hydroxylation sites is 1. The normalized spacial score (nSPS) is 10.9. The Morgan fingerprint density at radius 2 is 1.60 bits per heavy atom. The summed E-state index contributed by atoms with van der Waals surface area (Å²) in [6.45, 7) is 0.794. The van der Waals surface area contributed by atoms with Crippen LogP contribution in [-0.4, -0.2) is 11.7 Å². The van der Waals surface area contributed by atoms with Crippen molar-refractivity contribution in [3.05, 3.63) is 78.4 Å². The van der Waals surface area contributed by atoms with E-state index >= 15 is 0 Å². The molecule has 0 aliphatic heterocycles. The van der Waals surface area contributed by atoms with Crippen LogP contribution in [0.2, 0.25) is 0 Å². The molecule has 3 aromatic carbocycles. The summed E-state index contributed by atoms with van der Waals surface area (Å²) in [7, 11) is 0. The number of nitrogens with one attached hydrogen (secondary N) is 2. The highest BCUT2D eigenvalue weighted by molar-refractivity contribution is 7.80. The first-order chi connectivity index (χ1) is 12.3. The van der Waals surface area contributed by atoms with Crippen molar-refractivity contribution in [2.45, 2.75) is 6.42 Å². The van der Waals surface area contributed by atoms with E-state index in [0.717, 1.165) is 40.6 Å². The van der Waals surface area contributed by atoms with E-state index in [0.29, 0.717) is 5.11 Å². The first-order valence-electron chi connectivity index (χ1n) is 8.30. The zero-order chi connectivity index (χ0) is 17.1. The molecule has 124 valence electrons. The van der Waals surface area contributed by atoms with Crippen molar-refractivity contribution in [3.8, 4) is 0 Å². The SMILES string of the molecule is S=C(NCCc1ccccc1)Nc1ccc2c(c1)oc1ccccc12. The molecule has 4 rings (SSSR count). The molecule has 0 saturated heterocycles. The minimum absolute atomic E-state index is 0.617. The van der Waals surface area contributed by atoms with Crippen LogP contribution in [0.25, 0.3) is 21.9 Å². The van der Waals surface area contributed by atoms with E-state index in [2.05, 4.69) is 47.0 Å². The van der Waals surface area contributed by atoms with Gasteiger partial charge in [-0.05, 0) is 42.4 Å². The van der Waals surface area contributed by atoms with E-state index in [1.165, 1.54) is 5.56 Å². The molecule has 0 spiro atoms. The average Bonchev–Trinajstić information content (AvgIpc) is 3.00. The molecule has 0 fully saturated rings. The topological polar surface area (TPSA) is 37.2 Å². The van der Waals surface area contributed by atoms with Crippen LogP contribution in [0.15, 0.2) is 77.2 Å². The first kappa shape index (κ1) is 15.7. The zero-order valence-electron chi connectivity index (χ0n) is 13.7. The fourth-order valence-electron chi connectivity index (χ4n) is 2.94. The third-order valence-corrected chi connectivity index (χ3v) is 4.43. The van der Waals surface area contributed by atoms with Crippen LogP contribution in [0.1, 0.15) is 5.56 Å². The fraction of sp³-hybridized carbons (Fsp3) is 0.0952. The molecule has 0 saturated carbocycles. The number of hydrogen-bond donors (Lipinski definition) is 2. The highest BCUT2D eigenvalue weighted by Gasteiger charge is 2.07. The van der Waals surface area contributed by atoms with Crippen molar-refractivity contribution in [2.24, 2.45) is 0 Å². The van der Waals surface area contributed by atoms with Gasteiger partial charge >= 0.3 is 0 Å². The predicted octanol–water partition coefficient (Wildman–Crippen LogP) is 5.12. The van der Waals surface area contributed by atoms with Gasteiger partial charge in [-0.2, -0.15) is 0 Å². The average molecular weight is 346 g/mol. The maximum absolute atomic E-state index is 5.91. The molecule has 3 nitrogen and oxygen atoms in total. The Morgan fingerprint density at radius 1 is 0.840 bits per heavy atom. The molecule has 1 aromatic heterocycles. The second-order valence-corrected chi connectivity index (χ2v) is 6.33. The maximum atomic E-state index is 5.91. The molecule has 0 amide bonds. The molecule has 4 aromatic rings. The van der Waals surface area contributed by atoms with Crippen LogP contribution >= 0.6 is 12.2 Å². The largest absolute Gasteiger partial charge is 0.456 e. The fourth-order valence-corrected chi connectivity index (χ4v) is 3.16. The van der Waals surface area contributed by atoms with E-state index in [1.807, 2.05) is 36.4 Å². The highest BCUT2D eigenvalue weighted by atomic mass is 32.1. The summed E-state index contributed by atoms with van der Waals surface area (Å²) in [6.07, 6.45) is 0.936. The van der Waals surface area contributed by atoms with Gasteiger partial charge < -0.3 is 15.1 Å². The minimum Gasteiger partial charge on any atom is -0.456 e. The second kappa shape index (κ2) is 6.95. The molecule has 0 atom stereocenters. The van der Waals surface area contributed by atoms with Crippen LogP contribution in [0.4, 0.5) is 5.69 Å². The lowest BCUT2D eigenvalue weighted by Gasteiger charge is -2.10. The highest BCUT2D eigenvalue weighted by Crippen LogP contribution is 2.30. The molecule has 0 aliphatic carbocycles. The van der Waals surface area contributed by atoms with Crippen LogP contribution < -0.4 is 10.6 Å². The number of rotatable bonds is 4. The third kappa shape index (κ3) is 3.49. The van der Waals surface area contributed by atoms with Gasteiger partial charge in [0, 0.05) is 29.1 Å². The Balaban J connectivity index is 1.41. The van der Waals surface area contributed by atoms with Crippen molar-refractivity contribution in [1.82, 2.24) is 5.32 Å². The molecule has 0 aliphatic rings. The van der Waals surface area contributed by atoms with Gasteiger partial charge in [0.2, 0.25) is 0 Å². The van der Waals surface area contributed by atoms with Crippen molar-refractivity contribution < 1.29 is 4.42 Å². The molecule has 25 heavy (non-hydrogen) atoms. The smallest absolute Gasteiger partial charge is 0.170 e. The van der Waals surface area contributed by atoms with Crippen molar-refractivity contribution in [3.63, 3.8) is 0 Å². The summed E-state index contributed by atoms with van der Waals surface area (Å²) in [5, 5.41) is 9.33. The van der Waals surface area contributed by atoms with Crippen LogP contribution in [0.5, 0.6) is 0 Å². The number of fused-ring (bicyclic) bond motifs is 3. The number of furan rings is 1. The molecular weight excluding hydrogens is 328 g/mol. The Hall–Kier alpha value is -2.85. The van der Waals surface area contributed by atoms with E-state index in [9.17, 15) is 0 Å². The molecule has 0 radical (unpaired) electrons. The molecule has 2 N–H and O–H groups in total. The van der Waals surface area contributed by atoms with Crippen molar-refractivity contribution in [2.75, 3.05) is 11.9 Å². The van der Waals surface area contributed by atoms with E-state index in [-0.39, 0.29) is 0 Å². The summed E-state index contributed by atoms with van der Waals surface area (Å²) in [6, 6.07) is 24.5. The van der Waals surface area contributed by atoms with Crippen molar-refractivity contribution in [1.29, 1.82) is 0 Å². The van der Waals surface area contributed by atoms with Crippen LogP contribution in [0, 0.1) is 0 Å². The number of hydrogen-bond acceptors (Lipinski definition) is 2. The van der Waals surface area contributed by atoms with E-state index in [1.54, 1.807) is 0 Å². The predicted molar refractivity (Wildman–Crippen MR) is 108 cm³/mol. The molecular formula is C21H18N2OS. The van der Waals surface area contributed by atoms with Gasteiger partial charge in [0.1, 0.15) is 11.2 Å².